The van der Waals surface area contributed by atoms with Gasteiger partial charge in [-0.15, -0.1) is 0 Å². The molecule has 9 heteroatoms. The van der Waals surface area contributed by atoms with Crippen molar-refractivity contribution in [1.82, 2.24) is 19.9 Å². The topological polar surface area (TPSA) is 99.2 Å². The summed E-state index contributed by atoms with van der Waals surface area (Å²) in [5, 5.41) is 6.09. The Morgan fingerprint density at radius 1 is 0.938 bits per heavy atom. The highest BCUT2D eigenvalue weighted by Gasteiger charge is 2.21. The number of rotatable bonds is 5. The van der Waals surface area contributed by atoms with Gasteiger partial charge in [0, 0.05) is 50.7 Å². The van der Waals surface area contributed by atoms with Gasteiger partial charge in [-0.25, -0.2) is 15.0 Å². The zero-order valence-corrected chi connectivity index (χ0v) is 18.9. The first-order valence-corrected chi connectivity index (χ1v) is 10.7. The van der Waals surface area contributed by atoms with Crippen LogP contribution in [0.15, 0.2) is 36.8 Å². The largest absolute Gasteiger partial charge is 0.353 e. The highest BCUT2D eigenvalue weighted by molar-refractivity contribution is 5.90. The van der Waals surface area contributed by atoms with Crippen LogP contribution in [-0.2, 0) is 4.79 Å². The van der Waals surface area contributed by atoms with Gasteiger partial charge < -0.3 is 20.4 Å². The minimum atomic E-state index is -0.108. The lowest BCUT2D eigenvalue weighted by Crippen LogP contribution is -2.47. The molecule has 0 bridgehead atoms. The average Bonchev–Trinajstić information content (AvgIpc) is 2.78. The number of hydrogen-bond acceptors (Lipinski definition) is 8. The lowest BCUT2D eigenvalue weighted by Gasteiger charge is -2.35. The monoisotopic (exact) mass is 432 g/mol. The Hall–Kier alpha value is -3.75. The number of nitrogens with zero attached hydrogens (tertiary/aromatic N) is 6. The number of hydrogen-bond donors (Lipinski definition) is 2. The molecule has 0 aliphatic carbocycles. The van der Waals surface area contributed by atoms with Crippen LogP contribution >= 0.6 is 0 Å². The summed E-state index contributed by atoms with van der Waals surface area (Å²) in [6.07, 6.45) is 3.46. The number of aryl methyl sites for hydroxylation is 2. The minimum absolute atomic E-state index is 0.108. The van der Waals surface area contributed by atoms with Crippen LogP contribution in [0.4, 0.5) is 29.1 Å². The number of amides is 1. The van der Waals surface area contributed by atoms with Crippen molar-refractivity contribution in [3.8, 4) is 0 Å². The third kappa shape index (κ3) is 4.77. The molecule has 0 spiro atoms. The van der Waals surface area contributed by atoms with E-state index in [1.165, 1.54) is 24.4 Å². The summed E-state index contributed by atoms with van der Waals surface area (Å²) in [7, 11) is 0. The molecule has 4 rings (SSSR count). The van der Waals surface area contributed by atoms with E-state index in [9.17, 15) is 4.79 Å². The van der Waals surface area contributed by atoms with Crippen molar-refractivity contribution >= 4 is 35.0 Å². The number of aromatic nitrogens is 4. The van der Waals surface area contributed by atoms with E-state index >= 15 is 0 Å². The molecule has 2 N–H and O–H groups in total. The molecule has 32 heavy (non-hydrogen) atoms. The van der Waals surface area contributed by atoms with Crippen LogP contribution in [0.5, 0.6) is 0 Å². The molecule has 0 unspecified atom stereocenters. The van der Waals surface area contributed by atoms with Crippen molar-refractivity contribution in [2.24, 2.45) is 0 Å². The smallest absolute Gasteiger partial charge is 0.232 e. The quantitative estimate of drug-likeness (QED) is 0.634. The van der Waals surface area contributed by atoms with E-state index in [0.29, 0.717) is 11.9 Å². The summed E-state index contributed by atoms with van der Waals surface area (Å²) in [4.78, 5) is 33.7. The predicted molar refractivity (Wildman–Crippen MR) is 127 cm³/mol. The standard InChI is InChI=1S/C23H28N8O/c1-15-12-21(24-13-16(15)2)30-8-10-31(11-9-30)23-26-14-25-22(29-23)28-20-7-5-6-19(17(20)3)27-18(4)32/h5-7,12-14H,8-11H2,1-4H3,(H,27,32)(H,25,26,28,29). The third-order valence-electron chi connectivity index (χ3n) is 5.69. The van der Waals surface area contributed by atoms with E-state index in [1.54, 1.807) is 0 Å². The Kier molecular flexibility index (Phi) is 6.16. The van der Waals surface area contributed by atoms with Crippen LogP contribution in [0.1, 0.15) is 23.6 Å². The number of pyridine rings is 1. The highest BCUT2D eigenvalue weighted by Crippen LogP contribution is 2.26. The normalized spacial score (nSPS) is 13.8. The number of piperazine rings is 1. The second kappa shape index (κ2) is 9.17. The molecule has 1 aliphatic heterocycles. The Morgan fingerprint density at radius 2 is 1.66 bits per heavy atom. The number of nitrogens with one attached hydrogen (secondary N) is 2. The number of carbonyl (C=O) groups is 1. The van der Waals surface area contributed by atoms with Gasteiger partial charge in [0.2, 0.25) is 17.8 Å². The SMILES string of the molecule is CC(=O)Nc1cccc(Nc2ncnc(N3CCN(c4cc(C)c(C)cn4)CC3)n2)c1C. The van der Waals surface area contributed by atoms with Crippen molar-refractivity contribution in [1.29, 1.82) is 0 Å². The lowest BCUT2D eigenvalue weighted by atomic mass is 10.1. The summed E-state index contributed by atoms with van der Waals surface area (Å²) in [5.74, 6) is 2.02. The summed E-state index contributed by atoms with van der Waals surface area (Å²) < 4.78 is 0. The molecule has 1 aromatic carbocycles. The molecule has 3 heterocycles. The lowest BCUT2D eigenvalue weighted by molar-refractivity contribution is -0.114. The van der Waals surface area contributed by atoms with Gasteiger partial charge in [-0.2, -0.15) is 4.98 Å². The summed E-state index contributed by atoms with van der Waals surface area (Å²) >= 11 is 0. The van der Waals surface area contributed by atoms with E-state index in [-0.39, 0.29) is 5.91 Å². The van der Waals surface area contributed by atoms with Gasteiger partial charge in [0.25, 0.3) is 0 Å². The summed E-state index contributed by atoms with van der Waals surface area (Å²) in [6, 6.07) is 7.82. The molecule has 9 nitrogen and oxygen atoms in total. The first-order chi connectivity index (χ1) is 15.4. The molecular formula is C23H28N8O. The van der Waals surface area contributed by atoms with Gasteiger partial charge in [-0.3, -0.25) is 4.79 Å². The van der Waals surface area contributed by atoms with Gasteiger partial charge in [0.1, 0.15) is 12.1 Å². The van der Waals surface area contributed by atoms with Gasteiger partial charge in [0.15, 0.2) is 0 Å². The molecule has 1 saturated heterocycles. The van der Waals surface area contributed by atoms with Gasteiger partial charge in [0.05, 0.1) is 0 Å². The number of anilines is 5. The molecule has 166 valence electrons. The van der Waals surface area contributed by atoms with Crippen molar-refractivity contribution in [3.05, 3.63) is 53.5 Å². The van der Waals surface area contributed by atoms with Crippen LogP contribution in [-0.4, -0.2) is 52.0 Å². The first kappa shape index (κ1) is 21.5. The molecule has 1 aliphatic rings. The molecule has 1 fully saturated rings. The Labute approximate surface area is 187 Å². The Morgan fingerprint density at radius 3 is 2.38 bits per heavy atom. The maximum atomic E-state index is 11.4. The van der Waals surface area contributed by atoms with Crippen molar-refractivity contribution < 1.29 is 4.79 Å². The number of benzene rings is 1. The second-order valence-electron chi connectivity index (χ2n) is 7.99. The van der Waals surface area contributed by atoms with Crippen LogP contribution < -0.4 is 20.4 Å². The zero-order chi connectivity index (χ0) is 22.7. The van der Waals surface area contributed by atoms with E-state index < -0.39 is 0 Å². The summed E-state index contributed by atoms with van der Waals surface area (Å²) in [5.41, 5.74) is 4.96. The number of carbonyl (C=O) groups excluding carboxylic acids is 1. The van der Waals surface area contributed by atoms with Gasteiger partial charge >= 0.3 is 0 Å². The Balaban J connectivity index is 1.44. The first-order valence-electron chi connectivity index (χ1n) is 10.7. The molecule has 3 aromatic rings. The maximum Gasteiger partial charge on any atom is 0.232 e. The molecule has 2 aromatic heterocycles. The molecule has 1 amide bonds. The molecule has 0 saturated carbocycles. The van der Waals surface area contributed by atoms with Crippen molar-refractivity contribution in [2.75, 3.05) is 46.6 Å². The maximum absolute atomic E-state index is 11.4. The van der Waals surface area contributed by atoms with E-state index in [4.69, 9.17) is 0 Å². The molecule has 0 atom stereocenters. The summed E-state index contributed by atoms with van der Waals surface area (Å²) in [6.45, 7) is 10.9. The van der Waals surface area contributed by atoms with Crippen LogP contribution in [0.25, 0.3) is 0 Å². The fraction of sp³-hybridized carbons (Fsp3) is 0.348. The van der Waals surface area contributed by atoms with Crippen molar-refractivity contribution in [3.63, 3.8) is 0 Å². The molecular weight excluding hydrogens is 404 g/mol. The van der Waals surface area contributed by atoms with Crippen LogP contribution in [0, 0.1) is 20.8 Å². The van der Waals surface area contributed by atoms with Gasteiger partial charge in [-0.1, -0.05) is 6.07 Å². The highest BCUT2D eigenvalue weighted by atomic mass is 16.1. The second-order valence-corrected chi connectivity index (χ2v) is 7.99. The van der Waals surface area contributed by atoms with E-state index in [0.717, 1.165) is 48.9 Å². The van der Waals surface area contributed by atoms with E-state index in [1.807, 2.05) is 31.3 Å². The van der Waals surface area contributed by atoms with Crippen LogP contribution in [0.2, 0.25) is 0 Å². The van der Waals surface area contributed by atoms with E-state index in [2.05, 4.69) is 60.3 Å². The zero-order valence-electron chi connectivity index (χ0n) is 18.9. The molecule has 0 radical (unpaired) electrons. The Bertz CT molecular complexity index is 1120. The predicted octanol–water partition coefficient (Wildman–Crippen LogP) is 3.22. The average molecular weight is 433 g/mol. The van der Waals surface area contributed by atoms with Crippen LogP contribution in [0.3, 0.4) is 0 Å². The third-order valence-corrected chi connectivity index (χ3v) is 5.69. The minimum Gasteiger partial charge on any atom is -0.353 e. The van der Waals surface area contributed by atoms with Gasteiger partial charge in [-0.05, 0) is 55.7 Å². The fourth-order valence-corrected chi connectivity index (χ4v) is 3.63. The fourth-order valence-electron chi connectivity index (χ4n) is 3.63. The van der Waals surface area contributed by atoms with Crippen molar-refractivity contribution in [2.45, 2.75) is 27.7 Å².